The van der Waals surface area contributed by atoms with Crippen molar-refractivity contribution in [3.8, 4) is 0 Å². The Morgan fingerprint density at radius 1 is 1.27 bits per heavy atom. The minimum absolute atomic E-state index is 0.208. The van der Waals surface area contributed by atoms with Gasteiger partial charge in [0, 0.05) is 18.6 Å². The van der Waals surface area contributed by atoms with Crippen molar-refractivity contribution in [3.63, 3.8) is 0 Å². The van der Waals surface area contributed by atoms with Crippen LogP contribution in [0.5, 0.6) is 0 Å². The van der Waals surface area contributed by atoms with E-state index in [1.54, 1.807) is 55.1 Å². The largest absolute Gasteiger partial charge is 0.479 e. The number of benzene rings is 1. The highest BCUT2D eigenvalue weighted by atomic mass is 16.4. The van der Waals surface area contributed by atoms with E-state index in [9.17, 15) is 14.7 Å². The van der Waals surface area contributed by atoms with Gasteiger partial charge in [0.2, 0.25) is 0 Å². The Kier molecular flexibility index (Phi) is 4.46. The van der Waals surface area contributed by atoms with Crippen molar-refractivity contribution < 1.29 is 14.7 Å². The molecule has 7 nitrogen and oxygen atoms in total. The van der Waals surface area contributed by atoms with Crippen LogP contribution >= 0.6 is 0 Å². The van der Waals surface area contributed by atoms with Gasteiger partial charge in [-0.05, 0) is 25.0 Å². The van der Waals surface area contributed by atoms with Crippen LogP contribution in [0.15, 0.2) is 42.6 Å². The Hall–Kier alpha value is -3.22. The summed E-state index contributed by atoms with van der Waals surface area (Å²) in [5.41, 5.74) is 0.741. The first-order valence-electron chi connectivity index (χ1n) is 8.30. The molecule has 0 aliphatic heterocycles. The number of amides is 1. The third-order valence-corrected chi connectivity index (χ3v) is 4.61. The number of hydrogen-bond donors (Lipinski definition) is 2. The molecule has 0 saturated heterocycles. The Morgan fingerprint density at radius 3 is 2.58 bits per heavy atom. The molecule has 0 bridgehead atoms. The smallest absolute Gasteiger partial charge is 0.334 e. The van der Waals surface area contributed by atoms with Crippen molar-refractivity contribution >= 4 is 22.9 Å². The fourth-order valence-corrected chi connectivity index (χ4v) is 3.11. The van der Waals surface area contributed by atoms with Crippen LogP contribution in [0.4, 0.5) is 0 Å². The fraction of sp³-hybridized carbons (Fsp3) is 0.263. The van der Waals surface area contributed by atoms with Gasteiger partial charge in [-0.1, -0.05) is 37.3 Å². The summed E-state index contributed by atoms with van der Waals surface area (Å²) in [6.45, 7) is 3.57. The summed E-state index contributed by atoms with van der Waals surface area (Å²) in [7, 11) is 1.78. The molecule has 0 saturated carbocycles. The molecule has 2 aromatic heterocycles. The quantitative estimate of drug-likeness (QED) is 0.735. The molecule has 7 heteroatoms. The predicted molar refractivity (Wildman–Crippen MR) is 96.8 cm³/mol. The van der Waals surface area contributed by atoms with Crippen LogP contribution in [0.1, 0.15) is 35.0 Å². The molecule has 1 aromatic carbocycles. The van der Waals surface area contributed by atoms with Gasteiger partial charge in [-0.15, -0.1) is 0 Å². The van der Waals surface area contributed by atoms with Gasteiger partial charge in [0.25, 0.3) is 5.91 Å². The average Bonchev–Trinajstić information content (AvgIpc) is 2.93. The number of aromatic nitrogens is 3. The Morgan fingerprint density at radius 2 is 1.96 bits per heavy atom. The zero-order chi connectivity index (χ0) is 18.9. The molecule has 0 aliphatic carbocycles. The van der Waals surface area contributed by atoms with E-state index in [1.165, 1.54) is 6.20 Å². The number of carbonyl (C=O) groups is 2. The highest BCUT2D eigenvalue weighted by Gasteiger charge is 2.40. The van der Waals surface area contributed by atoms with E-state index in [0.717, 1.165) is 11.1 Å². The molecule has 0 aliphatic rings. The van der Waals surface area contributed by atoms with E-state index >= 15 is 0 Å². The normalized spacial score (nSPS) is 13.3. The summed E-state index contributed by atoms with van der Waals surface area (Å²) in [4.78, 5) is 29.2. The molecule has 3 rings (SSSR count). The monoisotopic (exact) mass is 352 g/mol. The SMILES string of the molecule is CCC(NC(=O)c1cnc2c(c1)c(C)nn2C)(C(=O)O)c1ccccc1. The van der Waals surface area contributed by atoms with Gasteiger partial charge in [-0.3, -0.25) is 9.48 Å². The van der Waals surface area contributed by atoms with Gasteiger partial charge in [0.05, 0.1) is 11.3 Å². The minimum Gasteiger partial charge on any atom is -0.479 e. The maximum absolute atomic E-state index is 12.8. The number of pyridine rings is 1. The number of carboxylic acid groups (broad SMARTS) is 1. The molecule has 0 radical (unpaired) electrons. The molecule has 0 spiro atoms. The molecular formula is C19H20N4O3. The number of carbonyl (C=O) groups excluding carboxylic acids is 1. The first kappa shape index (κ1) is 17.6. The fourth-order valence-electron chi connectivity index (χ4n) is 3.11. The number of fused-ring (bicyclic) bond motifs is 1. The van der Waals surface area contributed by atoms with Crippen LogP contribution in [0.25, 0.3) is 11.0 Å². The molecule has 26 heavy (non-hydrogen) atoms. The van der Waals surface area contributed by atoms with E-state index in [0.29, 0.717) is 16.8 Å². The first-order valence-corrected chi connectivity index (χ1v) is 8.30. The topological polar surface area (TPSA) is 97.1 Å². The second-order valence-corrected chi connectivity index (χ2v) is 6.19. The molecule has 1 atom stereocenters. The third kappa shape index (κ3) is 2.81. The van der Waals surface area contributed by atoms with Crippen molar-refractivity contribution in [1.29, 1.82) is 0 Å². The Labute approximate surface area is 150 Å². The standard InChI is InChI=1S/C19H20N4O3/c1-4-19(18(25)26,14-8-6-5-7-9-14)21-17(24)13-10-15-12(2)22-23(3)16(15)20-11-13/h5-11H,4H2,1-3H3,(H,21,24)(H,25,26). The van der Waals surface area contributed by atoms with Crippen LogP contribution in [0.3, 0.4) is 0 Å². The van der Waals surface area contributed by atoms with E-state index in [1.807, 2.05) is 6.92 Å². The number of carboxylic acids is 1. The Bertz CT molecular complexity index is 981. The Balaban J connectivity index is 2.01. The summed E-state index contributed by atoms with van der Waals surface area (Å²) >= 11 is 0. The van der Waals surface area contributed by atoms with Crippen molar-refractivity contribution in [1.82, 2.24) is 20.1 Å². The molecule has 0 fully saturated rings. The molecule has 3 aromatic rings. The molecule has 134 valence electrons. The lowest BCUT2D eigenvalue weighted by Crippen LogP contribution is -2.51. The molecule has 1 amide bonds. The van der Waals surface area contributed by atoms with Gasteiger partial charge >= 0.3 is 5.97 Å². The molecular weight excluding hydrogens is 332 g/mol. The lowest BCUT2D eigenvalue weighted by Gasteiger charge is -2.30. The summed E-state index contributed by atoms with van der Waals surface area (Å²) in [5.74, 6) is -1.60. The summed E-state index contributed by atoms with van der Waals surface area (Å²) in [5, 5.41) is 17.6. The maximum Gasteiger partial charge on any atom is 0.334 e. The summed E-state index contributed by atoms with van der Waals surface area (Å²) in [6, 6.07) is 10.4. The summed E-state index contributed by atoms with van der Waals surface area (Å²) in [6.07, 6.45) is 1.64. The number of rotatable bonds is 5. The van der Waals surface area contributed by atoms with Gasteiger partial charge in [0.1, 0.15) is 0 Å². The van der Waals surface area contributed by atoms with Crippen molar-refractivity contribution in [2.75, 3.05) is 0 Å². The van der Waals surface area contributed by atoms with Gasteiger partial charge in [-0.25, -0.2) is 9.78 Å². The predicted octanol–water partition coefficient (Wildman–Crippen LogP) is 2.40. The van der Waals surface area contributed by atoms with Crippen molar-refractivity contribution in [3.05, 3.63) is 59.4 Å². The van der Waals surface area contributed by atoms with Crippen LogP contribution in [-0.2, 0) is 17.4 Å². The van der Waals surface area contributed by atoms with E-state index in [2.05, 4.69) is 15.4 Å². The highest BCUT2D eigenvalue weighted by Crippen LogP contribution is 2.26. The molecule has 2 N–H and O–H groups in total. The number of nitrogens with zero attached hydrogens (tertiary/aromatic N) is 3. The van der Waals surface area contributed by atoms with Gasteiger partial charge in [0.15, 0.2) is 11.2 Å². The molecule has 2 heterocycles. The van der Waals surface area contributed by atoms with Crippen LogP contribution in [-0.4, -0.2) is 31.7 Å². The second kappa shape index (κ2) is 6.59. The van der Waals surface area contributed by atoms with Crippen LogP contribution < -0.4 is 5.32 Å². The van der Waals surface area contributed by atoms with E-state index in [-0.39, 0.29) is 6.42 Å². The number of hydrogen-bond acceptors (Lipinski definition) is 4. The lowest BCUT2D eigenvalue weighted by molar-refractivity contribution is -0.145. The zero-order valence-corrected chi connectivity index (χ0v) is 14.9. The number of nitrogens with one attached hydrogen (secondary N) is 1. The van der Waals surface area contributed by atoms with E-state index in [4.69, 9.17) is 0 Å². The summed E-state index contributed by atoms with van der Waals surface area (Å²) < 4.78 is 1.64. The lowest BCUT2D eigenvalue weighted by atomic mass is 9.87. The maximum atomic E-state index is 12.8. The average molecular weight is 352 g/mol. The van der Waals surface area contributed by atoms with Gasteiger partial charge in [-0.2, -0.15) is 5.10 Å². The van der Waals surface area contributed by atoms with Gasteiger partial charge < -0.3 is 10.4 Å². The minimum atomic E-state index is -1.50. The zero-order valence-electron chi connectivity index (χ0n) is 14.9. The van der Waals surface area contributed by atoms with E-state index < -0.39 is 17.4 Å². The highest BCUT2D eigenvalue weighted by molar-refractivity contribution is 6.00. The number of aliphatic carboxylic acids is 1. The van der Waals surface area contributed by atoms with Crippen LogP contribution in [0, 0.1) is 6.92 Å². The number of aryl methyl sites for hydroxylation is 2. The first-order chi connectivity index (χ1) is 12.4. The van der Waals surface area contributed by atoms with Crippen LogP contribution in [0.2, 0.25) is 0 Å². The third-order valence-electron chi connectivity index (χ3n) is 4.61. The van der Waals surface area contributed by atoms with Crippen molar-refractivity contribution in [2.24, 2.45) is 7.05 Å². The van der Waals surface area contributed by atoms with Crippen molar-refractivity contribution in [2.45, 2.75) is 25.8 Å². The second-order valence-electron chi connectivity index (χ2n) is 6.19. The molecule has 1 unspecified atom stereocenters.